The van der Waals surface area contributed by atoms with Gasteiger partial charge in [-0.1, -0.05) is 6.07 Å². The predicted octanol–water partition coefficient (Wildman–Crippen LogP) is 1.28. The smallest absolute Gasteiger partial charge is 0.255 e. The van der Waals surface area contributed by atoms with Gasteiger partial charge in [-0.05, 0) is 26.0 Å². The zero-order valence-corrected chi connectivity index (χ0v) is 9.94. The van der Waals surface area contributed by atoms with Gasteiger partial charge >= 0.3 is 0 Å². The van der Waals surface area contributed by atoms with Gasteiger partial charge in [0.15, 0.2) is 0 Å². The summed E-state index contributed by atoms with van der Waals surface area (Å²) in [5.41, 5.74) is -0.973. The van der Waals surface area contributed by atoms with E-state index in [2.05, 4.69) is 5.32 Å². The molecule has 90 valence electrons. The van der Waals surface area contributed by atoms with Crippen molar-refractivity contribution in [3.63, 3.8) is 0 Å². The summed E-state index contributed by atoms with van der Waals surface area (Å²) in [6.45, 7) is 2.73. The number of benzene rings is 1. The summed E-state index contributed by atoms with van der Waals surface area (Å²) in [5.74, 6) is -0.222. The fourth-order valence-electron chi connectivity index (χ4n) is 1.19. The first-order chi connectivity index (χ1) is 7.90. The summed E-state index contributed by atoms with van der Waals surface area (Å²) in [5, 5.41) is 21.0. The van der Waals surface area contributed by atoms with Crippen LogP contribution in [-0.2, 0) is 4.79 Å². The second-order valence-corrected chi connectivity index (χ2v) is 4.01. The molecule has 5 nitrogen and oxygen atoms in total. The second kappa shape index (κ2) is 4.85. The quantitative estimate of drug-likeness (QED) is 0.825. The van der Waals surface area contributed by atoms with E-state index in [0.29, 0.717) is 5.75 Å². The Morgan fingerprint density at radius 2 is 2.18 bits per heavy atom. The molecule has 0 saturated carbocycles. The molecule has 2 N–H and O–H groups in total. The first-order valence-electron chi connectivity index (χ1n) is 5.01. The third-order valence-corrected chi connectivity index (χ3v) is 2.16. The molecule has 17 heavy (non-hydrogen) atoms. The Balaban J connectivity index is 3.14. The number of rotatable bonds is 3. The average Bonchev–Trinajstić information content (AvgIpc) is 2.28. The molecule has 1 aromatic rings. The predicted molar refractivity (Wildman–Crippen MR) is 62.6 cm³/mol. The third kappa shape index (κ3) is 2.95. The normalized spacial score (nSPS) is 10.5. The van der Waals surface area contributed by atoms with Crippen LogP contribution in [0.25, 0.3) is 0 Å². The van der Waals surface area contributed by atoms with Crippen molar-refractivity contribution < 1.29 is 14.6 Å². The van der Waals surface area contributed by atoms with E-state index in [4.69, 9.17) is 10.00 Å². The Bertz CT molecular complexity index is 470. The van der Waals surface area contributed by atoms with Gasteiger partial charge in [0.2, 0.25) is 0 Å². The summed E-state index contributed by atoms with van der Waals surface area (Å²) >= 11 is 0. The minimum absolute atomic E-state index is 0.268. The van der Waals surface area contributed by atoms with E-state index in [0.717, 1.165) is 0 Å². The van der Waals surface area contributed by atoms with Gasteiger partial charge < -0.3 is 15.2 Å². The van der Waals surface area contributed by atoms with Crippen LogP contribution in [0.1, 0.15) is 19.4 Å². The van der Waals surface area contributed by atoms with E-state index in [1.165, 1.54) is 21.0 Å². The minimum atomic E-state index is -1.52. The van der Waals surface area contributed by atoms with Gasteiger partial charge in [0.05, 0.1) is 12.7 Å². The molecule has 0 radical (unpaired) electrons. The molecular weight excluding hydrogens is 220 g/mol. The maximum atomic E-state index is 11.6. The summed E-state index contributed by atoms with van der Waals surface area (Å²) in [6.07, 6.45) is 0. The number of nitriles is 1. The Labute approximate surface area is 99.6 Å². The van der Waals surface area contributed by atoms with Crippen LogP contribution in [0.2, 0.25) is 0 Å². The number of methoxy groups -OCH3 is 1. The van der Waals surface area contributed by atoms with Crippen LogP contribution in [0.4, 0.5) is 5.69 Å². The van der Waals surface area contributed by atoms with Gasteiger partial charge in [-0.25, -0.2) is 0 Å². The Morgan fingerprint density at radius 3 is 2.65 bits per heavy atom. The van der Waals surface area contributed by atoms with Crippen LogP contribution in [0, 0.1) is 11.3 Å². The molecule has 0 saturated heterocycles. The van der Waals surface area contributed by atoms with E-state index in [-0.39, 0.29) is 11.3 Å². The van der Waals surface area contributed by atoms with Crippen LogP contribution in [-0.4, -0.2) is 23.7 Å². The monoisotopic (exact) mass is 234 g/mol. The number of nitrogens with zero attached hydrogens (tertiary/aromatic N) is 1. The van der Waals surface area contributed by atoms with Gasteiger partial charge in [-0.3, -0.25) is 4.79 Å². The molecule has 0 aliphatic rings. The lowest BCUT2D eigenvalue weighted by molar-refractivity contribution is -0.130. The van der Waals surface area contributed by atoms with Crippen molar-refractivity contribution in [2.45, 2.75) is 19.4 Å². The van der Waals surface area contributed by atoms with Gasteiger partial charge in [-0.2, -0.15) is 5.26 Å². The number of carbonyl (C=O) groups is 1. The molecule has 1 amide bonds. The highest BCUT2D eigenvalue weighted by molar-refractivity contribution is 5.98. The van der Waals surface area contributed by atoms with E-state index in [1.54, 1.807) is 18.2 Å². The van der Waals surface area contributed by atoms with Crippen molar-refractivity contribution in [1.29, 1.82) is 5.26 Å². The Hall–Kier alpha value is -2.06. The molecule has 0 atom stereocenters. The highest BCUT2D eigenvalue weighted by Gasteiger charge is 2.25. The maximum Gasteiger partial charge on any atom is 0.255 e. The highest BCUT2D eigenvalue weighted by Crippen LogP contribution is 2.28. The molecule has 0 aromatic heterocycles. The fourth-order valence-corrected chi connectivity index (χ4v) is 1.19. The minimum Gasteiger partial charge on any atom is -0.495 e. The van der Waals surface area contributed by atoms with E-state index in [1.807, 2.05) is 6.07 Å². The summed E-state index contributed by atoms with van der Waals surface area (Å²) in [6, 6.07) is 6.78. The van der Waals surface area contributed by atoms with Crippen LogP contribution >= 0.6 is 0 Å². The molecule has 0 unspecified atom stereocenters. The Morgan fingerprint density at radius 1 is 1.53 bits per heavy atom. The molecular formula is C12H14N2O3. The largest absolute Gasteiger partial charge is 0.495 e. The van der Waals surface area contributed by atoms with Gasteiger partial charge in [-0.15, -0.1) is 0 Å². The van der Waals surface area contributed by atoms with Crippen molar-refractivity contribution in [3.8, 4) is 11.8 Å². The molecule has 0 aliphatic carbocycles. The lowest BCUT2D eigenvalue weighted by atomic mass is 10.1. The number of ether oxygens (including phenoxy) is 1. The van der Waals surface area contributed by atoms with Crippen molar-refractivity contribution in [2.75, 3.05) is 12.4 Å². The number of carbonyl (C=O) groups excluding carboxylic acids is 1. The van der Waals surface area contributed by atoms with E-state index >= 15 is 0 Å². The number of hydrogen-bond acceptors (Lipinski definition) is 4. The molecule has 0 heterocycles. The number of aliphatic hydroxyl groups is 1. The van der Waals surface area contributed by atoms with Gasteiger partial charge in [0, 0.05) is 0 Å². The first-order valence-corrected chi connectivity index (χ1v) is 5.01. The SMILES string of the molecule is COc1cccc(C#N)c1NC(=O)C(C)(C)O. The number of hydrogen-bond donors (Lipinski definition) is 2. The van der Waals surface area contributed by atoms with Crippen LogP contribution in [0.15, 0.2) is 18.2 Å². The number of amides is 1. The van der Waals surface area contributed by atoms with Crippen molar-refractivity contribution >= 4 is 11.6 Å². The topological polar surface area (TPSA) is 82.3 Å². The van der Waals surface area contributed by atoms with Crippen molar-refractivity contribution in [3.05, 3.63) is 23.8 Å². The summed E-state index contributed by atoms with van der Waals surface area (Å²) in [4.78, 5) is 11.6. The standard InChI is InChI=1S/C12H14N2O3/c1-12(2,16)11(15)14-10-8(7-13)5-4-6-9(10)17-3/h4-6,16H,1-3H3,(H,14,15). The fraction of sp³-hybridized carbons (Fsp3) is 0.333. The number of nitrogens with one attached hydrogen (secondary N) is 1. The molecule has 1 aromatic carbocycles. The van der Waals surface area contributed by atoms with Gasteiger partial charge in [0.25, 0.3) is 5.91 Å². The zero-order valence-electron chi connectivity index (χ0n) is 9.94. The van der Waals surface area contributed by atoms with E-state index in [9.17, 15) is 9.90 Å². The second-order valence-electron chi connectivity index (χ2n) is 4.01. The molecule has 1 rings (SSSR count). The molecule has 0 fully saturated rings. The lowest BCUT2D eigenvalue weighted by Gasteiger charge is -2.18. The lowest BCUT2D eigenvalue weighted by Crippen LogP contribution is -2.37. The molecule has 0 spiro atoms. The summed E-state index contributed by atoms with van der Waals surface area (Å²) in [7, 11) is 1.44. The van der Waals surface area contributed by atoms with Crippen molar-refractivity contribution in [1.82, 2.24) is 0 Å². The third-order valence-electron chi connectivity index (χ3n) is 2.16. The summed E-state index contributed by atoms with van der Waals surface area (Å²) < 4.78 is 5.05. The molecule has 5 heteroatoms. The van der Waals surface area contributed by atoms with E-state index < -0.39 is 11.5 Å². The van der Waals surface area contributed by atoms with Crippen molar-refractivity contribution in [2.24, 2.45) is 0 Å². The van der Waals surface area contributed by atoms with Crippen LogP contribution in [0.5, 0.6) is 5.75 Å². The van der Waals surface area contributed by atoms with Crippen LogP contribution in [0.3, 0.4) is 0 Å². The van der Waals surface area contributed by atoms with Gasteiger partial charge in [0.1, 0.15) is 23.1 Å². The molecule has 0 aliphatic heterocycles. The highest BCUT2D eigenvalue weighted by atomic mass is 16.5. The number of para-hydroxylation sites is 1. The first kappa shape index (κ1) is 13.0. The maximum absolute atomic E-state index is 11.6. The van der Waals surface area contributed by atoms with Crippen LogP contribution < -0.4 is 10.1 Å². The number of anilines is 1. The Kier molecular flexibility index (Phi) is 3.71. The average molecular weight is 234 g/mol. The zero-order chi connectivity index (χ0) is 13.1. The molecule has 0 bridgehead atoms.